The number of carboxylic acid groups (broad SMARTS) is 1. The van der Waals surface area contributed by atoms with Gasteiger partial charge in [-0.05, 0) is 43.2 Å². The molecule has 0 aliphatic carbocycles. The minimum Gasteiger partial charge on any atom is -0.480 e. The molecule has 148 valence electrons. The van der Waals surface area contributed by atoms with E-state index in [1.165, 1.54) is 19.1 Å². The molecule has 0 saturated carbocycles. The van der Waals surface area contributed by atoms with Gasteiger partial charge >= 0.3 is 5.97 Å². The highest BCUT2D eigenvalue weighted by atomic mass is 16.5. The monoisotopic (exact) mass is 384 g/mol. The molecule has 0 saturated heterocycles. The first-order chi connectivity index (χ1) is 13.5. The Labute approximate surface area is 163 Å². The van der Waals surface area contributed by atoms with E-state index in [0.717, 1.165) is 5.56 Å². The molecule has 0 radical (unpaired) electrons. The van der Waals surface area contributed by atoms with E-state index in [0.29, 0.717) is 37.3 Å². The molecule has 1 atom stereocenters. The average molecular weight is 384 g/mol. The molecule has 3 N–H and O–H groups in total. The zero-order chi connectivity index (χ0) is 20.4. The Balaban J connectivity index is 1.69. The molecule has 2 aromatic rings. The zero-order valence-corrected chi connectivity index (χ0v) is 15.7. The normalized spacial score (nSPS) is 11.5. The second-order valence-electron chi connectivity index (χ2n) is 6.30. The van der Waals surface area contributed by atoms with Gasteiger partial charge in [0.05, 0.1) is 6.61 Å². The molecule has 1 unspecified atom stereocenters. The summed E-state index contributed by atoms with van der Waals surface area (Å²) in [7, 11) is 0. The van der Waals surface area contributed by atoms with Crippen LogP contribution in [0.2, 0.25) is 0 Å². The Morgan fingerprint density at radius 2 is 1.71 bits per heavy atom. The highest BCUT2D eigenvalue weighted by Crippen LogP contribution is 2.11. The second-order valence-corrected chi connectivity index (χ2v) is 6.30. The van der Waals surface area contributed by atoms with E-state index < -0.39 is 17.9 Å². The molecule has 28 heavy (non-hydrogen) atoms. The number of carboxylic acids is 1. The summed E-state index contributed by atoms with van der Waals surface area (Å²) in [5.74, 6) is -1.73. The Hall–Kier alpha value is -3.19. The molecule has 7 heteroatoms. The summed E-state index contributed by atoms with van der Waals surface area (Å²) in [5, 5.41) is 13.9. The number of rotatable bonds is 10. The molecule has 0 fully saturated rings. The van der Waals surface area contributed by atoms with Gasteiger partial charge in [0.25, 0.3) is 5.91 Å². The van der Waals surface area contributed by atoms with E-state index in [-0.39, 0.29) is 5.91 Å². The fourth-order valence-electron chi connectivity index (χ4n) is 2.37. The number of carbonyl (C=O) groups is 3. The van der Waals surface area contributed by atoms with Crippen molar-refractivity contribution in [3.8, 4) is 0 Å². The number of aliphatic carboxylic acids is 1. The summed E-state index contributed by atoms with van der Waals surface area (Å²) >= 11 is 0. The smallest absolute Gasteiger partial charge is 0.325 e. The molecule has 0 aromatic heterocycles. The van der Waals surface area contributed by atoms with Gasteiger partial charge in [0.2, 0.25) is 5.91 Å². The molecule has 2 amide bonds. The number of benzene rings is 2. The Morgan fingerprint density at radius 3 is 2.36 bits per heavy atom. The van der Waals surface area contributed by atoms with Crippen LogP contribution in [0.1, 0.15) is 35.7 Å². The van der Waals surface area contributed by atoms with Gasteiger partial charge in [0.15, 0.2) is 0 Å². The van der Waals surface area contributed by atoms with Gasteiger partial charge in [-0.15, -0.1) is 0 Å². The second kappa shape index (κ2) is 10.8. The Morgan fingerprint density at radius 1 is 1.04 bits per heavy atom. The van der Waals surface area contributed by atoms with Gasteiger partial charge < -0.3 is 20.5 Å². The summed E-state index contributed by atoms with van der Waals surface area (Å²) in [4.78, 5) is 34.7. The number of anilines is 1. The zero-order valence-electron chi connectivity index (χ0n) is 15.7. The number of nitrogens with one attached hydrogen (secondary N) is 2. The number of hydrogen-bond donors (Lipinski definition) is 3. The molecule has 0 bridgehead atoms. The topological polar surface area (TPSA) is 105 Å². The van der Waals surface area contributed by atoms with Crippen molar-refractivity contribution in [3.63, 3.8) is 0 Å². The Kier molecular flexibility index (Phi) is 8.17. The minimum atomic E-state index is -1.11. The van der Waals surface area contributed by atoms with Crippen LogP contribution < -0.4 is 10.6 Å². The highest BCUT2D eigenvalue weighted by molar-refractivity contribution is 5.97. The molecule has 0 spiro atoms. The van der Waals surface area contributed by atoms with E-state index in [9.17, 15) is 14.4 Å². The van der Waals surface area contributed by atoms with Crippen LogP contribution in [0.5, 0.6) is 0 Å². The average Bonchev–Trinajstić information content (AvgIpc) is 2.69. The molecule has 7 nitrogen and oxygen atoms in total. The third-order valence-electron chi connectivity index (χ3n) is 3.95. The van der Waals surface area contributed by atoms with Crippen molar-refractivity contribution in [1.29, 1.82) is 0 Å². The van der Waals surface area contributed by atoms with Gasteiger partial charge in [-0.1, -0.05) is 30.3 Å². The highest BCUT2D eigenvalue weighted by Gasteiger charge is 2.15. The SMILES string of the molecule is CC(NC(=O)c1ccc(NC(=O)CCCOCc2ccccc2)cc1)C(=O)O. The van der Waals surface area contributed by atoms with Crippen LogP contribution in [-0.2, 0) is 20.9 Å². The van der Waals surface area contributed by atoms with E-state index in [1.54, 1.807) is 12.1 Å². The number of amides is 2. The van der Waals surface area contributed by atoms with Gasteiger partial charge in [-0.3, -0.25) is 14.4 Å². The van der Waals surface area contributed by atoms with Crippen LogP contribution in [0.15, 0.2) is 54.6 Å². The molecule has 2 aromatic carbocycles. The third-order valence-corrected chi connectivity index (χ3v) is 3.95. The van der Waals surface area contributed by atoms with Gasteiger partial charge in [-0.25, -0.2) is 0 Å². The number of ether oxygens (including phenoxy) is 1. The van der Waals surface area contributed by atoms with Crippen molar-refractivity contribution in [1.82, 2.24) is 5.32 Å². The Bertz CT molecular complexity index is 790. The van der Waals surface area contributed by atoms with Gasteiger partial charge in [0, 0.05) is 24.3 Å². The van der Waals surface area contributed by atoms with Crippen molar-refractivity contribution in [3.05, 3.63) is 65.7 Å². The van der Waals surface area contributed by atoms with Crippen molar-refractivity contribution in [2.45, 2.75) is 32.4 Å². The maximum Gasteiger partial charge on any atom is 0.325 e. The van der Waals surface area contributed by atoms with Gasteiger partial charge in [-0.2, -0.15) is 0 Å². The summed E-state index contributed by atoms with van der Waals surface area (Å²) in [6.45, 7) is 2.40. The molecular weight excluding hydrogens is 360 g/mol. The van der Waals surface area contributed by atoms with Crippen molar-refractivity contribution >= 4 is 23.5 Å². The van der Waals surface area contributed by atoms with Crippen LogP contribution in [0.25, 0.3) is 0 Å². The first kappa shape index (κ1) is 21.1. The summed E-state index contributed by atoms with van der Waals surface area (Å²) in [6, 6.07) is 15.1. The van der Waals surface area contributed by atoms with Crippen LogP contribution in [0.3, 0.4) is 0 Å². The first-order valence-corrected chi connectivity index (χ1v) is 9.01. The third kappa shape index (κ3) is 7.20. The van der Waals surface area contributed by atoms with Crippen molar-refractivity contribution < 1.29 is 24.2 Å². The lowest BCUT2D eigenvalue weighted by Crippen LogP contribution is -2.38. The molecule has 0 aliphatic heterocycles. The number of hydrogen-bond acceptors (Lipinski definition) is 4. The lowest BCUT2D eigenvalue weighted by Gasteiger charge is -2.10. The quantitative estimate of drug-likeness (QED) is 0.547. The van der Waals surface area contributed by atoms with Crippen molar-refractivity contribution in [2.24, 2.45) is 0 Å². The summed E-state index contributed by atoms with van der Waals surface area (Å²) < 4.78 is 5.54. The fourth-order valence-corrected chi connectivity index (χ4v) is 2.37. The van der Waals surface area contributed by atoms with Crippen molar-refractivity contribution in [2.75, 3.05) is 11.9 Å². The lowest BCUT2D eigenvalue weighted by atomic mass is 10.1. The summed E-state index contributed by atoms with van der Waals surface area (Å²) in [6.07, 6.45) is 0.930. The largest absolute Gasteiger partial charge is 0.480 e. The van der Waals surface area contributed by atoms with Crippen LogP contribution in [0, 0.1) is 0 Å². The molecule has 0 aliphatic rings. The predicted octanol–water partition coefficient (Wildman–Crippen LogP) is 2.83. The van der Waals surface area contributed by atoms with Gasteiger partial charge in [0.1, 0.15) is 6.04 Å². The molecular formula is C21H24N2O5. The summed E-state index contributed by atoms with van der Waals surface area (Å²) in [5.41, 5.74) is 1.98. The lowest BCUT2D eigenvalue weighted by molar-refractivity contribution is -0.138. The first-order valence-electron chi connectivity index (χ1n) is 9.01. The standard InChI is InChI=1S/C21H24N2O5/c1-15(21(26)27)22-20(25)17-9-11-18(12-10-17)23-19(24)8-5-13-28-14-16-6-3-2-4-7-16/h2-4,6-7,9-12,15H,5,8,13-14H2,1H3,(H,22,25)(H,23,24)(H,26,27). The predicted molar refractivity (Wildman–Crippen MR) is 105 cm³/mol. The van der Waals surface area contributed by atoms with Crippen LogP contribution >= 0.6 is 0 Å². The molecule has 2 rings (SSSR count). The van der Waals surface area contributed by atoms with Crippen LogP contribution in [0.4, 0.5) is 5.69 Å². The van der Waals surface area contributed by atoms with E-state index in [4.69, 9.17) is 9.84 Å². The van der Waals surface area contributed by atoms with E-state index >= 15 is 0 Å². The van der Waals surface area contributed by atoms with E-state index in [2.05, 4.69) is 10.6 Å². The maximum absolute atomic E-state index is 12.0. The number of carbonyl (C=O) groups excluding carboxylic acids is 2. The van der Waals surface area contributed by atoms with E-state index in [1.807, 2.05) is 30.3 Å². The maximum atomic E-state index is 12.0. The minimum absolute atomic E-state index is 0.139. The fraction of sp³-hybridized carbons (Fsp3) is 0.286. The van der Waals surface area contributed by atoms with Crippen LogP contribution in [-0.4, -0.2) is 35.5 Å². The molecule has 0 heterocycles.